The third-order valence-corrected chi connectivity index (χ3v) is 9.00. The van der Waals surface area contributed by atoms with Crippen LogP contribution in [0.25, 0.3) is 0 Å². The molecule has 3 aromatic carbocycles. The molecule has 0 spiro atoms. The number of aryl methyl sites for hydroxylation is 1. The van der Waals surface area contributed by atoms with Gasteiger partial charge in [0.25, 0.3) is 0 Å². The fourth-order valence-electron chi connectivity index (χ4n) is 4.84. The van der Waals surface area contributed by atoms with Crippen molar-refractivity contribution in [2.75, 3.05) is 4.90 Å². The third-order valence-electron chi connectivity index (χ3n) is 6.60. The minimum atomic E-state index is -0.601. The van der Waals surface area contributed by atoms with Crippen molar-refractivity contribution in [2.24, 2.45) is 5.92 Å². The van der Waals surface area contributed by atoms with Gasteiger partial charge in [-0.3, -0.25) is 14.4 Å². The van der Waals surface area contributed by atoms with Crippen LogP contribution in [0.2, 0.25) is 0 Å². The molecule has 1 N–H and O–H groups in total. The van der Waals surface area contributed by atoms with Gasteiger partial charge < -0.3 is 9.72 Å². The van der Waals surface area contributed by atoms with Gasteiger partial charge in [-0.25, -0.2) is 4.90 Å². The highest BCUT2D eigenvalue weighted by molar-refractivity contribution is 8.00. The molecule has 3 heterocycles. The van der Waals surface area contributed by atoms with E-state index in [0.29, 0.717) is 23.1 Å². The summed E-state index contributed by atoms with van der Waals surface area (Å²) in [6.07, 6.45) is 0. The summed E-state index contributed by atoms with van der Waals surface area (Å²) in [4.78, 5) is 44.3. The van der Waals surface area contributed by atoms with Crippen molar-refractivity contribution in [3.63, 3.8) is 0 Å². The van der Waals surface area contributed by atoms with Crippen LogP contribution in [0.4, 0.5) is 5.69 Å². The Morgan fingerprint density at radius 1 is 0.889 bits per heavy atom. The Labute approximate surface area is 215 Å². The van der Waals surface area contributed by atoms with Gasteiger partial charge in [0.15, 0.2) is 0 Å². The van der Waals surface area contributed by atoms with E-state index in [-0.39, 0.29) is 16.7 Å². The molecule has 0 saturated carbocycles. The number of H-pyrrole nitrogens is 1. The summed E-state index contributed by atoms with van der Waals surface area (Å²) >= 11 is 2.40. The molecule has 3 atom stereocenters. The molecule has 6 rings (SSSR count). The highest BCUT2D eigenvalue weighted by Gasteiger charge is 2.56. The van der Waals surface area contributed by atoms with Crippen LogP contribution in [0.15, 0.2) is 88.7 Å². The lowest BCUT2D eigenvalue weighted by atomic mass is 9.83. The van der Waals surface area contributed by atoms with Gasteiger partial charge in [-0.2, -0.15) is 0 Å². The molecule has 36 heavy (non-hydrogen) atoms. The predicted molar refractivity (Wildman–Crippen MR) is 141 cm³/mol. The van der Waals surface area contributed by atoms with Crippen molar-refractivity contribution < 1.29 is 14.3 Å². The first-order chi connectivity index (χ1) is 17.5. The van der Waals surface area contributed by atoms with Crippen LogP contribution >= 0.6 is 23.1 Å². The number of imide groups is 1. The number of carbonyl (C=O) groups excluding carboxylic acids is 2. The SMILES string of the molecule is Cc1ccc(N2C(=O)C3Sc4[nH]c(=O)sc4C(c4ccc(OCc5ccccc5)cc4)C3C2=O)cc1. The Bertz CT molecular complexity index is 1490. The molecule has 1 saturated heterocycles. The molecule has 1 fully saturated rings. The fourth-order valence-corrected chi connectivity index (χ4v) is 7.35. The first-order valence-electron chi connectivity index (χ1n) is 11.6. The monoisotopic (exact) mass is 514 g/mol. The molecular formula is C28H22N2O4S2. The maximum atomic E-state index is 13.7. The van der Waals surface area contributed by atoms with Gasteiger partial charge >= 0.3 is 4.87 Å². The van der Waals surface area contributed by atoms with Crippen molar-refractivity contribution in [3.05, 3.63) is 110 Å². The number of nitrogens with one attached hydrogen (secondary N) is 1. The zero-order valence-electron chi connectivity index (χ0n) is 19.3. The first kappa shape index (κ1) is 22.8. The molecule has 0 radical (unpaired) electrons. The molecule has 1 aromatic heterocycles. The largest absolute Gasteiger partial charge is 0.489 e. The number of thiazole rings is 1. The summed E-state index contributed by atoms with van der Waals surface area (Å²) in [5.74, 6) is -0.766. The average Bonchev–Trinajstić information content (AvgIpc) is 3.39. The van der Waals surface area contributed by atoms with Crippen molar-refractivity contribution in [3.8, 4) is 5.75 Å². The molecule has 2 amide bonds. The van der Waals surface area contributed by atoms with Crippen molar-refractivity contribution in [1.82, 2.24) is 4.98 Å². The summed E-state index contributed by atoms with van der Waals surface area (Å²) in [5.41, 5.74) is 3.57. The van der Waals surface area contributed by atoms with Crippen molar-refractivity contribution in [2.45, 2.75) is 29.7 Å². The quantitative estimate of drug-likeness (QED) is 0.374. The standard InChI is InChI=1S/C28H22N2O4S2/c1-16-7-11-19(12-8-16)30-26(31)22-21(23-25(29-28(33)36-23)35-24(22)27(30)32)18-9-13-20(14-10-18)34-15-17-5-3-2-4-6-17/h2-14,21-22,24H,15H2,1H3,(H,29,33). The van der Waals surface area contributed by atoms with Gasteiger partial charge in [0.05, 0.1) is 16.6 Å². The number of rotatable bonds is 5. The number of aromatic amines is 1. The predicted octanol–water partition coefficient (Wildman–Crippen LogP) is 5.12. The summed E-state index contributed by atoms with van der Waals surface area (Å²) in [6.45, 7) is 2.41. The van der Waals surface area contributed by atoms with E-state index in [1.54, 1.807) is 12.1 Å². The zero-order chi connectivity index (χ0) is 24.8. The second-order valence-electron chi connectivity index (χ2n) is 8.94. The van der Waals surface area contributed by atoms with Gasteiger partial charge in [-0.1, -0.05) is 83.3 Å². The minimum absolute atomic E-state index is 0.185. The molecule has 2 aliphatic rings. The number of benzene rings is 3. The Kier molecular flexibility index (Phi) is 5.78. The maximum Gasteiger partial charge on any atom is 0.305 e. The second kappa shape index (κ2) is 9.11. The van der Waals surface area contributed by atoms with Crippen LogP contribution in [0.3, 0.4) is 0 Å². The average molecular weight is 515 g/mol. The van der Waals surface area contributed by atoms with Crippen LogP contribution in [0.1, 0.15) is 27.5 Å². The van der Waals surface area contributed by atoms with E-state index in [1.165, 1.54) is 16.7 Å². The Morgan fingerprint density at radius 3 is 2.33 bits per heavy atom. The van der Waals surface area contributed by atoms with E-state index < -0.39 is 17.1 Å². The van der Waals surface area contributed by atoms with Crippen LogP contribution in [0.5, 0.6) is 5.75 Å². The summed E-state index contributed by atoms with van der Waals surface area (Å²) in [5, 5.41) is 0.0723. The lowest BCUT2D eigenvalue weighted by Gasteiger charge is -2.29. The lowest BCUT2D eigenvalue weighted by Crippen LogP contribution is -2.32. The van der Waals surface area contributed by atoms with Gasteiger partial charge in [-0.15, -0.1) is 0 Å². The smallest absolute Gasteiger partial charge is 0.305 e. The van der Waals surface area contributed by atoms with Crippen molar-refractivity contribution in [1.29, 1.82) is 0 Å². The van der Waals surface area contributed by atoms with E-state index in [0.717, 1.165) is 32.9 Å². The Hall–Kier alpha value is -3.62. The molecule has 0 aliphatic carbocycles. The maximum absolute atomic E-state index is 13.7. The number of fused-ring (bicyclic) bond motifs is 2. The molecule has 180 valence electrons. The topological polar surface area (TPSA) is 79.5 Å². The molecule has 0 bridgehead atoms. The third kappa shape index (κ3) is 3.96. The molecular weight excluding hydrogens is 492 g/mol. The van der Waals surface area contributed by atoms with E-state index in [4.69, 9.17) is 4.74 Å². The molecule has 2 aliphatic heterocycles. The van der Waals surface area contributed by atoms with Crippen LogP contribution < -0.4 is 14.5 Å². The fraction of sp³-hybridized carbons (Fsp3) is 0.179. The number of hydrogen-bond acceptors (Lipinski definition) is 6. The minimum Gasteiger partial charge on any atom is -0.489 e. The number of ether oxygens (including phenoxy) is 1. The van der Waals surface area contributed by atoms with E-state index in [1.807, 2.05) is 73.7 Å². The van der Waals surface area contributed by atoms with Gasteiger partial charge in [0.1, 0.15) is 17.6 Å². The van der Waals surface area contributed by atoms with Crippen molar-refractivity contribution >= 4 is 40.6 Å². The number of aromatic nitrogens is 1. The second-order valence-corrected chi connectivity index (χ2v) is 11.1. The number of anilines is 1. The summed E-state index contributed by atoms with van der Waals surface area (Å²) in [6, 6.07) is 24.9. The van der Waals surface area contributed by atoms with Crippen LogP contribution in [0, 0.1) is 12.8 Å². The molecule has 6 nitrogen and oxygen atoms in total. The molecule has 4 aromatic rings. The number of hydrogen-bond donors (Lipinski definition) is 1. The molecule has 3 unspecified atom stereocenters. The highest BCUT2D eigenvalue weighted by atomic mass is 32.2. The van der Waals surface area contributed by atoms with Gasteiger partial charge in [-0.05, 0) is 42.3 Å². The normalized spacial score (nSPS) is 20.8. The van der Waals surface area contributed by atoms with Crippen LogP contribution in [-0.4, -0.2) is 22.0 Å². The van der Waals surface area contributed by atoms with E-state index >= 15 is 0 Å². The summed E-state index contributed by atoms with van der Waals surface area (Å²) < 4.78 is 5.93. The van der Waals surface area contributed by atoms with Crippen LogP contribution in [-0.2, 0) is 16.2 Å². The van der Waals surface area contributed by atoms with Gasteiger partial charge in [0, 0.05) is 10.8 Å². The number of amides is 2. The summed E-state index contributed by atoms with van der Waals surface area (Å²) in [7, 11) is 0. The number of carbonyl (C=O) groups is 2. The Morgan fingerprint density at radius 2 is 1.61 bits per heavy atom. The molecule has 8 heteroatoms. The Balaban J connectivity index is 1.34. The number of nitrogens with zero attached hydrogens (tertiary/aromatic N) is 1. The first-order valence-corrected chi connectivity index (χ1v) is 13.3. The van der Waals surface area contributed by atoms with E-state index in [9.17, 15) is 14.4 Å². The highest BCUT2D eigenvalue weighted by Crippen LogP contribution is 2.53. The van der Waals surface area contributed by atoms with Gasteiger partial charge in [0.2, 0.25) is 11.8 Å². The number of thioether (sulfide) groups is 1. The van der Waals surface area contributed by atoms with E-state index in [2.05, 4.69) is 4.98 Å². The zero-order valence-corrected chi connectivity index (χ0v) is 21.0. The lowest BCUT2D eigenvalue weighted by molar-refractivity contribution is -0.122.